The molecule has 5 rings (SSSR count). The van der Waals surface area contributed by atoms with E-state index in [4.69, 9.17) is 11.6 Å². The van der Waals surface area contributed by atoms with Gasteiger partial charge in [-0.2, -0.15) is 4.98 Å². The molecule has 3 aromatic rings. The Morgan fingerprint density at radius 3 is 2.74 bits per heavy atom. The van der Waals surface area contributed by atoms with E-state index in [1.54, 1.807) is 6.20 Å². The first-order valence-corrected chi connectivity index (χ1v) is 12.2. The van der Waals surface area contributed by atoms with Crippen LogP contribution in [-0.4, -0.2) is 42.1 Å². The second-order valence-electron chi connectivity index (χ2n) is 9.52. The third kappa shape index (κ3) is 4.63. The zero-order valence-corrected chi connectivity index (χ0v) is 21.0. The zero-order valence-electron chi connectivity index (χ0n) is 20.2. The number of aromatic nitrogens is 2. The molecule has 0 radical (unpaired) electrons. The molecule has 0 saturated carbocycles. The van der Waals surface area contributed by atoms with Gasteiger partial charge >= 0.3 is 0 Å². The summed E-state index contributed by atoms with van der Waals surface area (Å²) in [5, 5.41) is 13.4. The minimum Gasteiger partial charge on any atom is -0.369 e. The Balaban J connectivity index is 1.32. The highest BCUT2D eigenvalue weighted by Crippen LogP contribution is 2.40. The van der Waals surface area contributed by atoms with Crippen LogP contribution in [0.15, 0.2) is 42.6 Å². The fourth-order valence-corrected chi connectivity index (χ4v) is 4.90. The van der Waals surface area contributed by atoms with E-state index in [1.807, 2.05) is 32.0 Å². The molecule has 9 heteroatoms. The number of benzene rings is 2. The number of nitrogens with zero attached hydrogens (tertiary/aromatic N) is 3. The number of rotatable bonds is 6. The number of piperazine rings is 1. The van der Waals surface area contributed by atoms with E-state index in [9.17, 15) is 4.79 Å². The fourth-order valence-electron chi connectivity index (χ4n) is 4.74. The predicted molar refractivity (Wildman–Crippen MR) is 142 cm³/mol. The highest BCUT2D eigenvalue weighted by molar-refractivity contribution is 6.32. The first-order chi connectivity index (χ1) is 16.8. The number of carbonyl (C=O) groups excluding carboxylic acids is 1. The summed E-state index contributed by atoms with van der Waals surface area (Å²) in [4.78, 5) is 23.8. The molecule has 3 heterocycles. The molecule has 1 fully saturated rings. The third-order valence-corrected chi connectivity index (χ3v) is 7.00. The van der Waals surface area contributed by atoms with Gasteiger partial charge in [-0.25, -0.2) is 4.98 Å². The van der Waals surface area contributed by atoms with Gasteiger partial charge in [0.15, 0.2) is 5.82 Å². The van der Waals surface area contributed by atoms with Crippen molar-refractivity contribution in [2.24, 2.45) is 0 Å². The van der Waals surface area contributed by atoms with Gasteiger partial charge in [-0.3, -0.25) is 4.79 Å². The van der Waals surface area contributed by atoms with Crippen LogP contribution in [0.4, 0.5) is 28.8 Å². The van der Waals surface area contributed by atoms with Crippen molar-refractivity contribution >= 4 is 46.3 Å². The number of carbonyl (C=O) groups is 1. The number of aryl methyl sites for hydroxylation is 1. The first kappa shape index (κ1) is 23.4. The van der Waals surface area contributed by atoms with Crippen molar-refractivity contribution in [3.63, 3.8) is 0 Å². The Hall–Kier alpha value is -3.36. The SMILES string of the molecule is Cc1cc(N2CCNCC2)ccc1Nc1ncc(Cl)c(NCc2cccc3c2C(C)(C)C(=O)N3)n1. The summed E-state index contributed by atoms with van der Waals surface area (Å²) in [5.74, 6) is 1.00. The van der Waals surface area contributed by atoms with E-state index >= 15 is 0 Å². The molecule has 0 atom stereocenters. The highest BCUT2D eigenvalue weighted by Gasteiger charge is 2.39. The second kappa shape index (κ2) is 9.36. The maximum absolute atomic E-state index is 12.4. The zero-order chi connectivity index (χ0) is 24.6. The summed E-state index contributed by atoms with van der Waals surface area (Å²) in [6, 6.07) is 12.3. The molecular formula is C26H30ClN7O. The Kier molecular flexibility index (Phi) is 6.25. The monoisotopic (exact) mass is 491 g/mol. The molecular weight excluding hydrogens is 462 g/mol. The van der Waals surface area contributed by atoms with Gasteiger partial charge in [0.1, 0.15) is 5.02 Å². The van der Waals surface area contributed by atoms with Crippen molar-refractivity contribution in [2.45, 2.75) is 32.7 Å². The summed E-state index contributed by atoms with van der Waals surface area (Å²) < 4.78 is 0. The molecule has 2 aliphatic rings. The lowest BCUT2D eigenvalue weighted by atomic mass is 9.83. The van der Waals surface area contributed by atoms with Crippen LogP contribution in [0.1, 0.15) is 30.5 Å². The van der Waals surface area contributed by atoms with Gasteiger partial charge in [-0.05, 0) is 61.7 Å². The van der Waals surface area contributed by atoms with E-state index < -0.39 is 5.41 Å². The summed E-state index contributed by atoms with van der Waals surface area (Å²) in [6.45, 7) is 10.5. The van der Waals surface area contributed by atoms with Gasteiger partial charge in [0.2, 0.25) is 11.9 Å². The van der Waals surface area contributed by atoms with Crippen LogP contribution < -0.4 is 26.2 Å². The summed E-state index contributed by atoms with van der Waals surface area (Å²) in [6.07, 6.45) is 1.59. The minimum atomic E-state index is -0.593. The van der Waals surface area contributed by atoms with Gasteiger partial charge in [0.25, 0.3) is 0 Å². The Morgan fingerprint density at radius 1 is 1.17 bits per heavy atom. The standard InChI is InChI=1S/C26H30ClN7O/c1-16-13-18(34-11-9-28-10-12-34)7-8-20(16)32-25-30-15-19(27)23(33-25)29-14-17-5-4-6-21-22(17)26(2,3)24(35)31-21/h4-8,13,15,28H,9-12,14H2,1-3H3,(H,31,35)(H2,29,30,32,33). The second-order valence-corrected chi connectivity index (χ2v) is 9.93. The van der Waals surface area contributed by atoms with Gasteiger partial charge in [-0.15, -0.1) is 0 Å². The fraction of sp³-hybridized carbons (Fsp3) is 0.346. The van der Waals surface area contributed by atoms with Crippen LogP contribution in [0.2, 0.25) is 5.02 Å². The largest absolute Gasteiger partial charge is 0.369 e. The number of nitrogens with one attached hydrogen (secondary N) is 4. The van der Waals surface area contributed by atoms with Crippen molar-refractivity contribution in [3.05, 3.63) is 64.3 Å². The molecule has 2 aromatic carbocycles. The van der Waals surface area contributed by atoms with Gasteiger partial charge in [0, 0.05) is 49.8 Å². The number of anilines is 5. The Bertz CT molecular complexity index is 1270. The van der Waals surface area contributed by atoms with E-state index in [2.05, 4.69) is 61.3 Å². The van der Waals surface area contributed by atoms with E-state index in [0.29, 0.717) is 23.3 Å². The number of halogens is 1. The topological polar surface area (TPSA) is 94.2 Å². The van der Waals surface area contributed by atoms with Gasteiger partial charge in [0.05, 0.1) is 11.6 Å². The quantitative estimate of drug-likeness (QED) is 0.405. The molecule has 1 amide bonds. The summed E-state index contributed by atoms with van der Waals surface area (Å²) in [7, 11) is 0. The van der Waals surface area contributed by atoms with Crippen LogP contribution in [0, 0.1) is 6.92 Å². The predicted octanol–water partition coefficient (Wildman–Crippen LogP) is 4.43. The van der Waals surface area contributed by atoms with Gasteiger partial charge < -0.3 is 26.2 Å². The smallest absolute Gasteiger partial charge is 0.234 e. The Labute approximate surface area is 210 Å². The molecule has 2 aliphatic heterocycles. The molecule has 0 aliphatic carbocycles. The van der Waals surface area contributed by atoms with Crippen molar-refractivity contribution in [2.75, 3.05) is 47.0 Å². The number of fused-ring (bicyclic) bond motifs is 1. The molecule has 0 bridgehead atoms. The molecule has 4 N–H and O–H groups in total. The lowest BCUT2D eigenvalue weighted by Crippen LogP contribution is -2.43. The number of amides is 1. The molecule has 1 aromatic heterocycles. The van der Waals surface area contributed by atoms with Crippen molar-refractivity contribution in [1.29, 1.82) is 0 Å². The third-order valence-electron chi connectivity index (χ3n) is 6.72. The number of hydrogen-bond acceptors (Lipinski definition) is 7. The molecule has 0 spiro atoms. The van der Waals surface area contributed by atoms with Crippen molar-refractivity contribution < 1.29 is 4.79 Å². The Morgan fingerprint density at radius 2 is 1.97 bits per heavy atom. The molecule has 35 heavy (non-hydrogen) atoms. The normalized spacial score (nSPS) is 16.6. The first-order valence-electron chi connectivity index (χ1n) is 11.9. The number of hydrogen-bond donors (Lipinski definition) is 4. The van der Waals surface area contributed by atoms with Crippen LogP contribution in [0.5, 0.6) is 0 Å². The van der Waals surface area contributed by atoms with Crippen LogP contribution >= 0.6 is 11.6 Å². The minimum absolute atomic E-state index is 0.00449. The highest BCUT2D eigenvalue weighted by atomic mass is 35.5. The molecule has 1 saturated heterocycles. The lowest BCUT2D eigenvalue weighted by molar-refractivity contribution is -0.119. The summed E-state index contributed by atoms with van der Waals surface area (Å²) in [5.41, 5.74) is 5.58. The van der Waals surface area contributed by atoms with Crippen LogP contribution in [0.3, 0.4) is 0 Å². The molecule has 0 unspecified atom stereocenters. The van der Waals surface area contributed by atoms with Crippen molar-refractivity contribution in [3.8, 4) is 0 Å². The maximum atomic E-state index is 12.4. The molecule has 8 nitrogen and oxygen atoms in total. The van der Waals surface area contributed by atoms with Crippen LogP contribution in [-0.2, 0) is 16.8 Å². The molecule has 182 valence electrons. The van der Waals surface area contributed by atoms with E-state index in [0.717, 1.165) is 54.2 Å². The maximum Gasteiger partial charge on any atom is 0.234 e. The van der Waals surface area contributed by atoms with Crippen molar-refractivity contribution in [1.82, 2.24) is 15.3 Å². The lowest BCUT2D eigenvalue weighted by Gasteiger charge is -2.30. The van der Waals surface area contributed by atoms with E-state index in [-0.39, 0.29) is 5.91 Å². The van der Waals surface area contributed by atoms with Crippen LogP contribution in [0.25, 0.3) is 0 Å². The van der Waals surface area contributed by atoms with E-state index in [1.165, 1.54) is 5.69 Å². The average molecular weight is 492 g/mol. The summed E-state index contributed by atoms with van der Waals surface area (Å²) >= 11 is 6.41. The van der Waals surface area contributed by atoms with Gasteiger partial charge in [-0.1, -0.05) is 23.7 Å². The average Bonchev–Trinajstić information content (AvgIpc) is 3.09.